The Bertz CT molecular complexity index is 800. The number of ether oxygens (including phenoxy) is 1. The number of fused-ring (bicyclic) bond motifs is 1. The number of carbonyl (C=O) groups is 1. The van der Waals surface area contributed by atoms with Crippen LogP contribution in [-0.2, 0) is 4.74 Å². The zero-order valence-electron chi connectivity index (χ0n) is 17.2. The molecule has 0 saturated heterocycles. The highest BCUT2D eigenvalue weighted by Crippen LogP contribution is 2.26. The van der Waals surface area contributed by atoms with E-state index in [1.54, 1.807) is 0 Å². The number of hydrogen-bond donors (Lipinski definition) is 2. The minimum absolute atomic E-state index is 0.174. The molecule has 1 heterocycles. The van der Waals surface area contributed by atoms with Crippen LogP contribution in [0, 0.1) is 5.92 Å². The normalized spacial score (nSPS) is 19.5. The monoisotopic (exact) mass is 385 g/mol. The molecule has 0 aliphatic heterocycles. The number of nitrogens with one attached hydrogen (secondary N) is 2. The highest BCUT2D eigenvalue weighted by Gasteiger charge is 2.24. The van der Waals surface area contributed by atoms with Crippen molar-refractivity contribution in [3.63, 3.8) is 0 Å². The van der Waals surface area contributed by atoms with Crippen LogP contribution < -0.4 is 15.5 Å². The van der Waals surface area contributed by atoms with Crippen LogP contribution in [0.25, 0.3) is 10.9 Å². The standard InChI is InChI=1S/C21H31N5O2/c1-14(2)13-28-21(27)23-16-11-9-15(10-12-16)22-20-24-18-8-6-5-7-17(18)19(25-20)26(3)4/h5-8,14-16H,9-13H2,1-4H3,(H,23,27)(H,22,24,25)/t15-,16+. The fourth-order valence-electron chi connectivity index (χ4n) is 3.48. The molecule has 0 radical (unpaired) electrons. The molecular formula is C21H31N5O2. The molecule has 2 N–H and O–H groups in total. The van der Waals surface area contributed by atoms with Crippen molar-refractivity contribution in [2.75, 3.05) is 30.9 Å². The van der Waals surface area contributed by atoms with Crippen LogP contribution in [0.2, 0.25) is 0 Å². The first-order valence-corrected chi connectivity index (χ1v) is 10.1. The number of carbonyl (C=O) groups excluding carboxylic acids is 1. The van der Waals surface area contributed by atoms with Gasteiger partial charge in [-0.05, 0) is 43.7 Å². The highest BCUT2D eigenvalue weighted by molar-refractivity contribution is 5.90. The van der Waals surface area contributed by atoms with Gasteiger partial charge in [-0.15, -0.1) is 0 Å². The van der Waals surface area contributed by atoms with Crippen LogP contribution in [0.5, 0.6) is 0 Å². The first-order valence-electron chi connectivity index (χ1n) is 10.1. The van der Waals surface area contributed by atoms with Crippen molar-refractivity contribution in [1.29, 1.82) is 0 Å². The Labute approximate surface area is 166 Å². The molecule has 1 aromatic carbocycles. The predicted octanol–water partition coefficient (Wildman–Crippen LogP) is 3.80. The average Bonchev–Trinajstić information content (AvgIpc) is 2.67. The molecule has 1 saturated carbocycles. The van der Waals surface area contributed by atoms with Gasteiger partial charge in [-0.25, -0.2) is 9.78 Å². The van der Waals surface area contributed by atoms with E-state index in [1.165, 1.54) is 0 Å². The number of alkyl carbamates (subject to hydrolysis) is 1. The minimum Gasteiger partial charge on any atom is -0.449 e. The maximum Gasteiger partial charge on any atom is 0.407 e. The number of aromatic nitrogens is 2. The van der Waals surface area contributed by atoms with Crippen molar-refractivity contribution in [2.45, 2.75) is 51.6 Å². The zero-order valence-corrected chi connectivity index (χ0v) is 17.2. The van der Waals surface area contributed by atoms with Crippen LogP contribution in [0.4, 0.5) is 16.6 Å². The Kier molecular flexibility index (Phi) is 6.54. The van der Waals surface area contributed by atoms with Crippen molar-refractivity contribution in [3.8, 4) is 0 Å². The van der Waals surface area contributed by atoms with Crippen molar-refractivity contribution < 1.29 is 9.53 Å². The smallest absolute Gasteiger partial charge is 0.407 e. The summed E-state index contributed by atoms with van der Waals surface area (Å²) < 4.78 is 5.21. The summed E-state index contributed by atoms with van der Waals surface area (Å²) in [4.78, 5) is 23.3. The summed E-state index contributed by atoms with van der Waals surface area (Å²) in [7, 11) is 3.99. The lowest BCUT2D eigenvalue weighted by Crippen LogP contribution is -2.40. The Hall–Kier alpha value is -2.57. The molecule has 7 heteroatoms. The van der Waals surface area contributed by atoms with E-state index in [1.807, 2.05) is 57.1 Å². The largest absolute Gasteiger partial charge is 0.449 e. The van der Waals surface area contributed by atoms with Crippen molar-refractivity contribution in [2.24, 2.45) is 5.92 Å². The molecule has 0 spiro atoms. The maximum atomic E-state index is 11.8. The number of para-hydroxylation sites is 1. The molecule has 28 heavy (non-hydrogen) atoms. The number of benzene rings is 1. The van der Waals surface area contributed by atoms with Gasteiger partial charge in [-0.1, -0.05) is 26.0 Å². The molecule has 3 rings (SSSR count). The second kappa shape index (κ2) is 9.08. The first-order chi connectivity index (χ1) is 13.4. The fourth-order valence-corrected chi connectivity index (χ4v) is 3.48. The number of amides is 1. The molecule has 0 unspecified atom stereocenters. The van der Waals surface area contributed by atoms with Gasteiger partial charge < -0.3 is 20.3 Å². The van der Waals surface area contributed by atoms with Gasteiger partial charge in [-0.3, -0.25) is 0 Å². The molecule has 152 valence electrons. The number of nitrogens with zero attached hydrogens (tertiary/aromatic N) is 3. The summed E-state index contributed by atoms with van der Waals surface area (Å²) in [5.74, 6) is 1.92. The highest BCUT2D eigenvalue weighted by atomic mass is 16.5. The molecule has 1 aliphatic carbocycles. The SMILES string of the molecule is CC(C)COC(=O)N[C@H]1CC[C@@H](Nc2nc(N(C)C)c3ccccc3n2)CC1. The van der Waals surface area contributed by atoms with E-state index in [-0.39, 0.29) is 12.1 Å². The van der Waals surface area contributed by atoms with E-state index in [0.29, 0.717) is 24.5 Å². The lowest BCUT2D eigenvalue weighted by molar-refractivity contribution is 0.126. The molecule has 1 fully saturated rings. The third kappa shape index (κ3) is 5.24. The molecule has 2 aromatic rings. The molecule has 0 bridgehead atoms. The summed E-state index contributed by atoms with van der Waals surface area (Å²) in [6.45, 7) is 4.51. The summed E-state index contributed by atoms with van der Waals surface area (Å²) in [5.41, 5.74) is 0.937. The third-order valence-corrected chi connectivity index (χ3v) is 4.94. The molecule has 1 aliphatic rings. The lowest BCUT2D eigenvalue weighted by Gasteiger charge is -2.29. The van der Waals surface area contributed by atoms with E-state index in [2.05, 4.69) is 15.6 Å². The number of hydrogen-bond acceptors (Lipinski definition) is 6. The van der Waals surface area contributed by atoms with Crippen LogP contribution in [0.3, 0.4) is 0 Å². The number of anilines is 2. The van der Waals surface area contributed by atoms with E-state index in [9.17, 15) is 4.79 Å². The summed E-state index contributed by atoms with van der Waals surface area (Å²) in [6.07, 6.45) is 3.45. The summed E-state index contributed by atoms with van der Waals surface area (Å²) in [6, 6.07) is 8.54. The molecule has 1 aromatic heterocycles. The Balaban J connectivity index is 1.57. The van der Waals surface area contributed by atoms with Gasteiger partial charge in [-0.2, -0.15) is 4.98 Å². The van der Waals surface area contributed by atoms with Crippen molar-refractivity contribution >= 4 is 28.8 Å². The summed E-state index contributed by atoms with van der Waals surface area (Å²) in [5, 5.41) is 7.52. The average molecular weight is 386 g/mol. The second-order valence-corrected chi connectivity index (χ2v) is 8.11. The predicted molar refractivity (Wildman–Crippen MR) is 113 cm³/mol. The van der Waals surface area contributed by atoms with Gasteiger partial charge in [0.05, 0.1) is 12.1 Å². The number of rotatable bonds is 6. The molecule has 0 atom stereocenters. The third-order valence-electron chi connectivity index (χ3n) is 4.94. The Morgan fingerprint density at radius 3 is 2.50 bits per heavy atom. The topological polar surface area (TPSA) is 79.4 Å². The molecular weight excluding hydrogens is 354 g/mol. The first kappa shape index (κ1) is 20.2. The Morgan fingerprint density at radius 2 is 1.82 bits per heavy atom. The fraction of sp³-hybridized carbons (Fsp3) is 0.571. The minimum atomic E-state index is -0.307. The second-order valence-electron chi connectivity index (χ2n) is 8.11. The van der Waals surface area contributed by atoms with Gasteiger partial charge in [0.1, 0.15) is 5.82 Å². The lowest BCUT2D eigenvalue weighted by atomic mass is 9.91. The van der Waals surface area contributed by atoms with Gasteiger partial charge >= 0.3 is 6.09 Å². The summed E-state index contributed by atoms with van der Waals surface area (Å²) >= 11 is 0. The Morgan fingerprint density at radius 1 is 1.14 bits per heavy atom. The van der Waals surface area contributed by atoms with E-state index >= 15 is 0 Å². The van der Waals surface area contributed by atoms with Crippen LogP contribution in [-0.4, -0.2) is 48.8 Å². The van der Waals surface area contributed by atoms with E-state index < -0.39 is 0 Å². The van der Waals surface area contributed by atoms with Crippen molar-refractivity contribution in [3.05, 3.63) is 24.3 Å². The van der Waals surface area contributed by atoms with Crippen LogP contribution >= 0.6 is 0 Å². The van der Waals surface area contributed by atoms with Gasteiger partial charge in [0.25, 0.3) is 0 Å². The van der Waals surface area contributed by atoms with E-state index in [0.717, 1.165) is 42.4 Å². The quantitative estimate of drug-likeness (QED) is 0.787. The van der Waals surface area contributed by atoms with Gasteiger partial charge in [0, 0.05) is 31.6 Å². The van der Waals surface area contributed by atoms with Crippen LogP contribution in [0.15, 0.2) is 24.3 Å². The van der Waals surface area contributed by atoms with E-state index in [4.69, 9.17) is 9.72 Å². The van der Waals surface area contributed by atoms with Crippen molar-refractivity contribution in [1.82, 2.24) is 15.3 Å². The van der Waals surface area contributed by atoms with Crippen LogP contribution in [0.1, 0.15) is 39.5 Å². The maximum absolute atomic E-state index is 11.8. The zero-order chi connectivity index (χ0) is 20.1. The molecule has 7 nitrogen and oxygen atoms in total. The molecule has 1 amide bonds. The van der Waals surface area contributed by atoms with Gasteiger partial charge in [0.2, 0.25) is 5.95 Å². The van der Waals surface area contributed by atoms with Gasteiger partial charge in [0.15, 0.2) is 0 Å².